The molecule has 0 saturated heterocycles. The van der Waals surface area contributed by atoms with Gasteiger partial charge in [0.05, 0.1) is 26.0 Å². The van der Waals surface area contributed by atoms with Crippen molar-refractivity contribution in [2.45, 2.75) is 38.0 Å². The third-order valence-electron chi connectivity index (χ3n) is 6.84. The number of halogens is 5. The van der Waals surface area contributed by atoms with Crippen molar-refractivity contribution in [1.82, 2.24) is 24.5 Å². The number of fused-ring (bicyclic) bond motifs is 1. The number of hydrogen-bond acceptors (Lipinski definition) is 8. The van der Waals surface area contributed by atoms with Crippen LogP contribution in [0.3, 0.4) is 0 Å². The van der Waals surface area contributed by atoms with Crippen LogP contribution < -0.4 is 20.9 Å². The highest BCUT2D eigenvalue weighted by molar-refractivity contribution is 5.97. The van der Waals surface area contributed by atoms with Crippen molar-refractivity contribution in [3.63, 3.8) is 0 Å². The van der Waals surface area contributed by atoms with Crippen LogP contribution in [0.2, 0.25) is 0 Å². The van der Waals surface area contributed by atoms with E-state index in [0.717, 1.165) is 11.8 Å². The van der Waals surface area contributed by atoms with Gasteiger partial charge in [-0.3, -0.25) is 9.59 Å². The molecule has 0 aliphatic heterocycles. The molecule has 44 heavy (non-hydrogen) atoms. The van der Waals surface area contributed by atoms with Crippen molar-refractivity contribution in [1.29, 1.82) is 0 Å². The number of benzene rings is 1. The highest BCUT2D eigenvalue weighted by Gasteiger charge is 2.38. The lowest BCUT2D eigenvalue weighted by Gasteiger charge is -2.22. The number of amides is 1. The van der Waals surface area contributed by atoms with Gasteiger partial charge in [-0.05, 0) is 30.7 Å². The number of pyridine rings is 1. The second-order valence-corrected chi connectivity index (χ2v) is 9.59. The van der Waals surface area contributed by atoms with Crippen LogP contribution in [0, 0.1) is 11.6 Å². The van der Waals surface area contributed by atoms with E-state index in [1.165, 1.54) is 39.7 Å². The molecule has 16 heteroatoms. The molecule has 4 rings (SSSR count). The predicted octanol–water partition coefficient (Wildman–Crippen LogP) is 3.65. The molecule has 234 valence electrons. The maximum absolute atomic E-state index is 14.9. The lowest BCUT2D eigenvalue weighted by Crippen LogP contribution is -2.44. The van der Waals surface area contributed by atoms with E-state index in [9.17, 15) is 36.3 Å². The summed E-state index contributed by atoms with van der Waals surface area (Å²) >= 11 is 0. The van der Waals surface area contributed by atoms with Crippen LogP contribution in [0.1, 0.15) is 29.4 Å². The number of imidazole rings is 1. The van der Waals surface area contributed by atoms with Gasteiger partial charge in [-0.25, -0.2) is 23.2 Å². The van der Waals surface area contributed by atoms with Crippen LogP contribution in [0.5, 0.6) is 5.75 Å². The Morgan fingerprint density at radius 1 is 1.11 bits per heavy atom. The van der Waals surface area contributed by atoms with Crippen molar-refractivity contribution in [2.75, 3.05) is 19.5 Å². The summed E-state index contributed by atoms with van der Waals surface area (Å²) < 4.78 is 81.9. The van der Waals surface area contributed by atoms with Crippen LogP contribution in [0.15, 0.2) is 47.7 Å². The Labute approximate surface area is 246 Å². The number of rotatable bonds is 10. The normalized spacial score (nSPS) is 12.9. The van der Waals surface area contributed by atoms with Gasteiger partial charge in [-0.1, -0.05) is 6.92 Å². The van der Waals surface area contributed by atoms with Crippen molar-refractivity contribution in [3.05, 3.63) is 76.1 Å². The highest BCUT2D eigenvalue weighted by atomic mass is 19.4. The number of methoxy groups -OCH3 is 2. The van der Waals surface area contributed by atoms with Crippen LogP contribution in [-0.4, -0.2) is 63.5 Å². The fraction of sp³-hybridized carbons (Fsp3) is 0.321. The molecule has 0 fully saturated rings. The van der Waals surface area contributed by atoms with E-state index >= 15 is 0 Å². The molecule has 2 N–H and O–H groups in total. The number of carbonyl (C=O) groups excluding carboxylic acids is 2. The van der Waals surface area contributed by atoms with E-state index in [4.69, 9.17) is 9.47 Å². The SMILES string of the molecule is CC[C@@H](Nc1cc(F)c(C(=O)N[C@@H](Cc2ccc(-c3c(OC)cnn(C)c3=O)c3nccn23)C(=O)OC)c(F)c1)C(F)(F)F. The molecule has 0 aliphatic carbocycles. The maximum atomic E-state index is 14.9. The van der Waals surface area contributed by atoms with E-state index in [2.05, 4.69) is 15.4 Å². The van der Waals surface area contributed by atoms with Gasteiger partial charge in [-0.15, -0.1) is 0 Å². The molecule has 11 nitrogen and oxygen atoms in total. The average Bonchev–Trinajstić information content (AvgIpc) is 3.46. The third kappa shape index (κ3) is 6.33. The lowest BCUT2D eigenvalue weighted by atomic mass is 10.0. The van der Waals surface area contributed by atoms with E-state index in [1.807, 2.05) is 5.32 Å². The molecule has 0 saturated carbocycles. The molecule has 2 atom stereocenters. The Hall–Kier alpha value is -5.02. The van der Waals surface area contributed by atoms with Crippen LogP contribution in [0.4, 0.5) is 27.6 Å². The number of alkyl halides is 3. The Kier molecular flexibility index (Phi) is 9.20. The first-order valence-electron chi connectivity index (χ1n) is 13.1. The predicted molar refractivity (Wildman–Crippen MR) is 147 cm³/mol. The standard InChI is InChI=1S/C28H27F5N6O5/c1-5-21(28(31,32)33)36-14-10-17(29)23(18(30)11-14)25(40)37-19(27(42)44-4)12-15-6-7-16(24-34-8-9-39(15)24)22-20(43-3)13-35-38(2)26(22)41/h6-11,13,19,21,36H,5,12H2,1-4H3,(H,37,40)/t19-,21+/m0/s1. The van der Waals surface area contributed by atoms with Gasteiger partial charge in [0.2, 0.25) is 0 Å². The molecule has 0 aliphatic rings. The zero-order valence-electron chi connectivity index (χ0n) is 23.8. The van der Waals surface area contributed by atoms with Gasteiger partial charge >= 0.3 is 12.1 Å². The number of hydrogen-bond donors (Lipinski definition) is 2. The van der Waals surface area contributed by atoms with Gasteiger partial charge < -0.3 is 24.5 Å². The van der Waals surface area contributed by atoms with Gasteiger partial charge in [0.25, 0.3) is 11.5 Å². The first kappa shape index (κ1) is 31.9. The molecule has 0 spiro atoms. The zero-order valence-corrected chi connectivity index (χ0v) is 23.8. The minimum atomic E-state index is -4.68. The number of carbonyl (C=O) groups is 2. The number of nitrogens with one attached hydrogen (secondary N) is 2. The number of esters is 1. The van der Waals surface area contributed by atoms with Crippen molar-refractivity contribution in [3.8, 4) is 16.9 Å². The van der Waals surface area contributed by atoms with Gasteiger partial charge in [0.15, 0.2) is 5.75 Å². The molecular formula is C28H27F5N6O5. The first-order valence-corrected chi connectivity index (χ1v) is 13.1. The Morgan fingerprint density at radius 2 is 1.80 bits per heavy atom. The largest absolute Gasteiger partial charge is 0.494 e. The highest BCUT2D eigenvalue weighted by Crippen LogP contribution is 2.30. The number of aromatic nitrogens is 4. The second-order valence-electron chi connectivity index (χ2n) is 9.59. The van der Waals surface area contributed by atoms with E-state index in [0.29, 0.717) is 29.0 Å². The minimum absolute atomic E-state index is 0.176. The van der Waals surface area contributed by atoms with Crippen LogP contribution in [0.25, 0.3) is 16.8 Å². The number of aryl methyl sites for hydroxylation is 1. The average molecular weight is 623 g/mol. The Morgan fingerprint density at radius 3 is 2.39 bits per heavy atom. The number of ether oxygens (including phenoxy) is 2. The summed E-state index contributed by atoms with van der Waals surface area (Å²) in [7, 11) is 3.89. The second kappa shape index (κ2) is 12.7. The summed E-state index contributed by atoms with van der Waals surface area (Å²) in [5.74, 6) is -4.98. The molecule has 1 aromatic carbocycles. The molecule has 0 bridgehead atoms. The third-order valence-corrected chi connectivity index (χ3v) is 6.84. The minimum Gasteiger partial charge on any atom is -0.494 e. The van der Waals surface area contributed by atoms with Crippen molar-refractivity contribution in [2.24, 2.45) is 7.05 Å². The van der Waals surface area contributed by atoms with E-state index < -0.39 is 65.0 Å². The molecule has 0 radical (unpaired) electrons. The molecule has 0 unspecified atom stereocenters. The van der Waals surface area contributed by atoms with Gasteiger partial charge in [0.1, 0.15) is 34.9 Å². The maximum Gasteiger partial charge on any atom is 0.408 e. The topological polar surface area (TPSA) is 129 Å². The molecule has 3 aromatic heterocycles. The Balaban J connectivity index is 1.65. The van der Waals surface area contributed by atoms with Crippen LogP contribution >= 0.6 is 0 Å². The first-order chi connectivity index (χ1) is 20.8. The van der Waals surface area contributed by atoms with Gasteiger partial charge in [0, 0.05) is 42.8 Å². The molecular weight excluding hydrogens is 595 g/mol. The fourth-order valence-electron chi connectivity index (χ4n) is 4.62. The molecule has 4 aromatic rings. The quantitative estimate of drug-likeness (QED) is 0.203. The van der Waals surface area contributed by atoms with Gasteiger partial charge in [-0.2, -0.15) is 18.3 Å². The molecule has 3 heterocycles. The number of anilines is 1. The van der Waals surface area contributed by atoms with E-state index in [1.54, 1.807) is 16.5 Å². The lowest BCUT2D eigenvalue weighted by molar-refractivity contribution is -0.143. The summed E-state index contributed by atoms with van der Waals surface area (Å²) in [6, 6.07) is 0.702. The zero-order chi connectivity index (χ0) is 32.3. The number of nitrogens with zero attached hydrogens (tertiary/aromatic N) is 4. The Bertz CT molecular complexity index is 1750. The summed E-state index contributed by atoms with van der Waals surface area (Å²) in [6.45, 7) is 1.24. The summed E-state index contributed by atoms with van der Waals surface area (Å²) in [5, 5.41) is 8.19. The van der Waals surface area contributed by atoms with E-state index in [-0.39, 0.29) is 17.7 Å². The summed E-state index contributed by atoms with van der Waals surface area (Å²) in [5.41, 5.74) is -0.846. The van der Waals surface area contributed by atoms with Crippen LogP contribution in [-0.2, 0) is 23.0 Å². The summed E-state index contributed by atoms with van der Waals surface area (Å²) in [6.07, 6.45) is -0.986. The molecule has 1 amide bonds. The summed E-state index contributed by atoms with van der Waals surface area (Å²) in [4.78, 5) is 42.8. The van der Waals surface area contributed by atoms with Crippen molar-refractivity contribution >= 4 is 23.2 Å². The van der Waals surface area contributed by atoms with Crippen molar-refractivity contribution < 1.29 is 41.0 Å². The monoisotopic (exact) mass is 622 g/mol. The fourth-order valence-corrected chi connectivity index (χ4v) is 4.62. The smallest absolute Gasteiger partial charge is 0.408 e.